The first-order valence-electron chi connectivity index (χ1n) is 7.99. The molecule has 4 N–H and O–H groups in total. The lowest BCUT2D eigenvalue weighted by Gasteiger charge is -2.17. The molecule has 0 bridgehead atoms. The van der Waals surface area contributed by atoms with Gasteiger partial charge in [-0.2, -0.15) is 13.2 Å². The average molecular weight is 400 g/mol. The second kappa shape index (κ2) is 7.95. The first-order valence-corrected chi connectivity index (χ1v) is 8.81. The van der Waals surface area contributed by atoms with Crippen LogP contribution >= 0.6 is 11.3 Å². The molecular weight excluding hydrogens is 381 g/mol. The Labute approximate surface area is 158 Å². The Morgan fingerprint density at radius 2 is 1.93 bits per heavy atom. The zero-order valence-corrected chi connectivity index (χ0v) is 15.7. The molecule has 2 rings (SSSR count). The molecule has 2 aromatic heterocycles. The first-order chi connectivity index (χ1) is 12.5. The molecule has 2 unspecified atom stereocenters. The van der Waals surface area contributed by atoms with E-state index in [1.165, 1.54) is 18.3 Å². The fourth-order valence-corrected chi connectivity index (χ4v) is 3.10. The quantitative estimate of drug-likeness (QED) is 0.693. The summed E-state index contributed by atoms with van der Waals surface area (Å²) in [6.45, 7) is 4.84. The summed E-state index contributed by atoms with van der Waals surface area (Å²) >= 11 is 1.17. The number of nitrogens with two attached hydrogens (primary N) is 1. The number of anilines is 1. The number of nitrogens with zero attached hydrogens (tertiary/aromatic N) is 1. The SMILES string of the molecule is Cc1ncc(C(F)(F)F)cc1NC(C)c1ccc(C(=O)NC(C)C(N)=O)s1. The average Bonchev–Trinajstić information content (AvgIpc) is 3.05. The number of carbonyl (C=O) groups excluding carboxylic acids is 2. The highest BCUT2D eigenvalue weighted by molar-refractivity contribution is 7.14. The summed E-state index contributed by atoms with van der Waals surface area (Å²) in [7, 11) is 0. The molecule has 27 heavy (non-hydrogen) atoms. The van der Waals surface area contributed by atoms with E-state index in [4.69, 9.17) is 5.73 Å². The van der Waals surface area contributed by atoms with Crippen LogP contribution in [0.25, 0.3) is 0 Å². The molecule has 0 saturated heterocycles. The van der Waals surface area contributed by atoms with Gasteiger partial charge < -0.3 is 16.4 Å². The van der Waals surface area contributed by atoms with Crippen molar-refractivity contribution in [2.45, 2.75) is 39.0 Å². The van der Waals surface area contributed by atoms with Crippen molar-refractivity contribution < 1.29 is 22.8 Å². The highest BCUT2D eigenvalue weighted by atomic mass is 32.1. The molecule has 0 aliphatic heterocycles. The molecule has 0 aromatic carbocycles. The van der Waals surface area contributed by atoms with Crippen molar-refractivity contribution >= 4 is 28.8 Å². The zero-order valence-electron chi connectivity index (χ0n) is 14.8. The smallest absolute Gasteiger partial charge is 0.376 e. The summed E-state index contributed by atoms with van der Waals surface area (Å²) < 4.78 is 38.6. The maximum atomic E-state index is 12.9. The summed E-state index contributed by atoms with van der Waals surface area (Å²) in [5.41, 5.74) is 4.97. The molecular formula is C17H19F3N4O2S. The van der Waals surface area contributed by atoms with Gasteiger partial charge in [0, 0.05) is 11.1 Å². The van der Waals surface area contributed by atoms with Crippen LogP contribution in [0.2, 0.25) is 0 Å². The van der Waals surface area contributed by atoms with Gasteiger partial charge in [0.05, 0.1) is 27.9 Å². The molecule has 2 heterocycles. The molecule has 0 radical (unpaired) electrons. The van der Waals surface area contributed by atoms with Crippen LogP contribution in [0, 0.1) is 6.92 Å². The van der Waals surface area contributed by atoms with Crippen molar-refractivity contribution in [2.75, 3.05) is 5.32 Å². The number of hydrogen-bond acceptors (Lipinski definition) is 5. The number of aryl methyl sites for hydroxylation is 1. The lowest BCUT2D eigenvalue weighted by molar-refractivity contribution is -0.137. The Bertz CT molecular complexity index is 851. The van der Waals surface area contributed by atoms with E-state index >= 15 is 0 Å². The maximum Gasteiger partial charge on any atom is 0.417 e. The molecule has 0 aliphatic rings. The fourth-order valence-electron chi connectivity index (χ4n) is 2.19. The van der Waals surface area contributed by atoms with Gasteiger partial charge >= 0.3 is 6.18 Å². The molecule has 2 amide bonds. The lowest BCUT2D eigenvalue weighted by atomic mass is 10.2. The standard InChI is InChI=1S/C17H19F3N4O2S/c1-8-12(6-11(7-22-8)17(18,19)20)23-9(2)13-4-5-14(27-13)16(26)24-10(3)15(21)25/h4-7,9-10,23H,1-3H3,(H2,21,25)(H,24,26). The van der Waals surface area contributed by atoms with Crippen molar-refractivity contribution in [3.63, 3.8) is 0 Å². The van der Waals surface area contributed by atoms with Crippen LogP contribution in [-0.4, -0.2) is 22.8 Å². The van der Waals surface area contributed by atoms with E-state index < -0.39 is 29.6 Å². The van der Waals surface area contributed by atoms with Gasteiger partial charge in [-0.25, -0.2) is 0 Å². The third-order valence-electron chi connectivity index (χ3n) is 3.84. The number of alkyl halides is 3. The lowest BCUT2D eigenvalue weighted by Crippen LogP contribution is -2.41. The second-order valence-electron chi connectivity index (χ2n) is 6.02. The number of rotatable bonds is 6. The van der Waals surface area contributed by atoms with Gasteiger partial charge in [0.15, 0.2) is 0 Å². The van der Waals surface area contributed by atoms with Gasteiger partial charge in [-0.05, 0) is 39.0 Å². The van der Waals surface area contributed by atoms with Crippen LogP contribution < -0.4 is 16.4 Å². The minimum Gasteiger partial charge on any atom is -0.376 e. The molecule has 146 valence electrons. The Hall–Kier alpha value is -2.62. The molecule has 6 nitrogen and oxygen atoms in total. The van der Waals surface area contributed by atoms with Crippen LogP contribution in [0.1, 0.15) is 45.7 Å². The Kier molecular flexibility index (Phi) is 6.09. The number of aromatic nitrogens is 1. The largest absolute Gasteiger partial charge is 0.417 e. The van der Waals surface area contributed by atoms with Crippen LogP contribution in [0.4, 0.5) is 18.9 Å². The third kappa shape index (κ3) is 5.19. The fraction of sp³-hybridized carbons (Fsp3) is 0.353. The number of thiophene rings is 1. The number of primary amides is 1. The summed E-state index contributed by atoms with van der Waals surface area (Å²) in [6, 6.07) is 3.13. The summed E-state index contributed by atoms with van der Waals surface area (Å²) in [5.74, 6) is -1.09. The van der Waals surface area contributed by atoms with Crippen molar-refractivity contribution in [1.29, 1.82) is 0 Å². The van der Waals surface area contributed by atoms with E-state index in [0.717, 1.165) is 17.1 Å². The number of amides is 2. The van der Waals surface area contributed by atoms with E-state index in [1.54, 1.807) is 26.0 Å². The molecule has 0 spiro atoms. The van der Waals surface area contributed by atoms with Crippen molar-refractivity contribution in [1.82, 2.24) is 10.3 Å². The van der Waals surface area contributed by atoms with Crippen LogP contribution in [0.3, 0.4) is 0 Å². The molecule has 0 fully saturated rings. The summed E-state index contributed by atoms with van der Waals surface area (Å²) in [5, 5.41) is 5.46. The number of hydrogen-bond donors (Lipinski definition) is 3. The van der Waals surface area contributed by atoms with E-state index in [2.05, 4.69) is 15.6 Å². The Morgan fingerprint density at radius 1 is 1.26 bits per heavy atom. The van der Waals surface area contributed by atoms with E-state index in [-0.39, 0.29) is 11.7 Å². The van der Waals surface area contributed by atoms with Gasteiger partial charge in [-0.15, -0.1) is 11.3 Å². The maximum absolute atomic E-state index is 12.9. The predicted octanol–water partition coefficient (Wildman–Crippen LogP) is 3.25. The Morgan fingerprint density at radius 3 is 2.52 bits per heavy atom. The van der Waals surface area contributed by atoms with Gasteiger partial charge in [-0.3, -0.25) is 14.6 Å². The number of pyridine rings is 1. The molecule has 2 atom stereocenters. The van der Waals surface area contributed by atoms with Crippen molar-refractivity contribution in [3.8, 4) is 0 Å². The minimum atomic E-state index is -4.48. The first kappa shape index (κ1) is 20.7. The van der Waals surface area contributed by atoms with Gasteiger partial charge in [0.1, 0.15) is 6.04 Å². The van der Waals surface area contributed by atoms with Crippen LogP contribution in [0.15, 0.2) is 24.4 Å². The highest BCUT2D eigenvalue weighted by Crippen LogP contribution is 2.33. The van der Waals surface area contributed by atoms with Crippen molar-refractivity contribution in [3.05, 3.63) is 45.4 Å². The topological polar surface area (TPSA) is 97.1 Å². The molecule has 2 aromatic rings. The van der Waals surface area contributed by atoms with Gasteiger partial charge in [-0.1, -0.05) is 0 Å². The normalized spacial score (nSPS) is 13.7. The molecule has 10 heteroatoms. The van der Waals surface area contributed by atoms with Gasteiger partial charge in [0.25, 0.3) is 5.91 Å². The predicted molar refractivity (Wildman–Crippen MR) is 96.5 cm³/mol. The number of nitrogens with one attached hydrogen (secondary N) is 2. The van der Waals surface area contributed by atoms with Crippen molar-refractivity contribution in [2.24, 2.45) is 5.73 Å². The monoisotopic (exact) mass is 400 g/mol. The minimum absolute atomic E-state index is 0.263. The molecule has 0 aliphatic carbocycles. The summed E-state index contributed by atoms with van der Waals surface area (Å²) in [6.07, 6.45) is -3.69. The zero-order chi connectivity index (χ0) is 20.4. The van der Waals surface area contributed by atoms with Gasteiger partial charge in [0.2, 0.25) is 5.91 Å². The van der Waals surface area contributed by atoms with E-state index in [9.17, 15) is 22.8 Å². The second-order valence-corrected chi connectivity index (χ2v) is 7.14. The number of halogens is 3. The molecule has 0 saturated carbocycles. The Balaban J connectivity index is 2.14. The van der Waals surface area contributed by atoms with E-state index in [1.807, 2.05) is 0 Å². The third-order valence-corrected chi connectivity index (χ3v) is 5.10. The highest BCUT2D eigenvalue weighted by Gasteiger charge is 2.31. The van der Waals surface area contributed by atoms with E-state index in [0.29, 0.717) is 10.6 Å². The van der Waals surface area contributed by atoms with Crippen LogP contribution in [0.5, 0.6) is 0 Å². The number of carbonyl (C=O) groups is 2. The van der Waals surface area contributed by atoms with Crippen LogP contribution in [-0.2, 0) is 11.0 Å². The summed E-state index contributed by atoms with van der Waals surface area (Å²) in [4.78, 5) is 28.0.